The molecule has 3 rings (SSSR count). The van der Waals surface area contributed by atoms with Gasteiger partial charge in [0.05, 0.1) is 11.5 Å². The van der Waals surface area contributed by atoms with Gasteiger partial charge in [-0.05, 0) is 44.7 Å². The summed E-state index contributed by atoms with van der Waals surface area (Å²) in [5, 5.41) is 1.51. The van der Waals surface area contributed by atoms with Crippen LogP contribution < -0.4 is 9.46 Å². The molecule has 0 fully saturated rings. The number of sulfonamides is 1. The maximum Gasteiger partial charge on any atom is 0.241 e. The number of allylic oxidation sites excluding steroid dienone is 1. The minimum atomic E-state index is -3.56. The van der Waals surface area contributed by atoms with Gasteiger partial charge in [-0.2, -0.15) is 0 Å². The molecule has 4 nitrogen and oxygen atoms in total. The second kappa shape index (κ2) is 7.36. The van der Waals surface area contributed by atoms with Crippen LogP contribution in [-0.2, 0) is 10.0 Å². The predicted molar refractivity (Wildman–Crippen MR) is 96.9 cm³/mol. The van der Waals surface area contributed by atoms with Crippen LogP contribution in [0.5, 0.6) is 5.75 Å². The van der Waals surface area contributed by atoms with Crippen molar-refractivity contribution in [3.05, 3.63) is 48.0 Å². The van der Waals surface area contributed by atoms with E-state index in [1.54, 1.807) is 12.1 Å². The summed E-state index contributed by atoms with van der Waals surface area (Å²) >= 11 is 0. The fourth-order valence-corrected chi connectivity index (χ4v) is 4.34. The molecule has 1 aliphatic rings. The first-order chi connectivity index (χ1) is 11.6. The van der Waals surface area contributed by atoms with Crippen LogP contribution in [0.4, 0.5) is 0 Å². The van der Waals surface area contributed by atoms with Crippen molar-refractivity contribution in [3.8, 4) is 5.75 Å². The molecular formula is C19H23NO3S. The molecule has 5 heteroatoms. The maximum atomic E-state index is 12.8. The minimum absolute atomic E-state index is 0.304. The van der Waals surface area contributed by atoms with Gasteiger partial charge in [0.1, 0.15) is 5.75 Å². The summed E-state index contributed by atoms with van der Waals surface area (Å²) in [5.74, 6) is 0.710. The van der Waals surface area contributed by atoms with Crippen LogP contribution >= 0.6 is 0 Å². The third kappa shape index (κ3) is 3.62. The molecule has 0 atom stereocenters. The van der Waals surface area contributed by atoms with Crippen molar-refractivity contribution in [2.45, 2.75) is 37.5 Å². The van der Waals surface area contributed by atoms with Crippen molar-refractivity contribution in [1.82, 2.24) is 4.72 Å². The van der Waals surface area contributed by atoms with Crippen molar-refractivity contribution >= 4 is 20.8 Å². The zero-order chi connectivity index (χ0) is 17.0. The Morgan fingerprint density at radius 3 is 2.58 bits per heavy atom. The van der Waals surface area contributed by atoms with E-state index >= 15 is 0 Å². The van der Waals surface area contributed by atoms with Gasteiger partial charge >= 0.3 is 0 Å². The molecule has 24 heavy (non-hydrogen) atoms. The maximum absolute atomic E-state index is 12.8. The molecule has 128 valence electrons. The first-order valence-corrected chi connectivity index (χ1v) is 9.92. The van der Waals surface area contributed by atoms with Crippen LogP contribution in [0.15, 0.2) is 52.9 Å². The quantitative estimate of drug-likeness (QED) is 0.805. The number of rotatable bonds is 6. The number of benzene rings is 2. The summed E-state index contributed by atoms with van der Waals surface area (Å²) in [7, 11) is -3.56. The van der Waals surface area contributed by atoms with E-state index in [9.17, 15) is 8.42 Å². The molecule has 0 bridgehead atoms. The van der Waals surface area contributed by atoms with Gasteiger partial charge in [0.2, 0.25) is 10.0 Å². The summed E-state index contributed by atoms with van der Waals surface area (Å²) in [6, 6.07) is 10.8. The molecule has 0 heterocycles. The molecule has 0 unspecified atom stereocenters. The second-order valence-electron chi connectivity index (χ2n) is 5.97. The Kier molecular flexibility index (Phi) is 5.21. The Balaban J connectivity index is 1.93. The highest BCUT2D eigenvalue weighted by Crippen LogP contribution is 2.31. The molecule has 0 spiro atoms. The van der Waals surface area contributed by atoms with E-state index < -0.39 is 10.0 Å². The lowest BCUT2D eigenvalue weighted by molar-refractivity contribution is 0.344. The lowest BCUT2D eigenvalue weighted by Crippen LogP contribution is -2.26. The zero-order valence-corrected chi connectivity index (χ0v) is 14.7. The Hall–Kier alpha value is -1.85. The fourth-order valence-electron chi connectivity index (χ4n) is 3.09. The van der Waals surface area contributed by atoms with Crippen LogP contribution in [0.1, 0.15) is 32.6 Å². The van der Waals surface area contributed by atoms with Gasteiger partial charge in [-0.25, -0.2) is 13.1 Å². The Morgan fingerprint density at radius 1 is 1.08 bits per heavy atom. The van der Waals surface area contributed by atoms with Crippen molar-refractivity contribution in [1.29, 1.82) is 0 Å². The van der Waals surface area contributed by atoms with E-state index in [0.717, 1.165) is 24.6 Å². The van der Waals surface area contributed by atoms with Gasteiger partial charge in [-0.3, -0.25) is 0 Å². The van der Waals surface area contributed by atoms with E-state index in [1.165, 1.54) is 12.0 Å². The van der Waals surface area contributed by atoms with Crippen molar-refractivity contribution in [2.75, 3.05) is 13.2 Å². The van der Waals surface area contributed by atoms with Gasteiger partial charge in [0.15, 0.2) is 0 Å². The highest BCUT2D eigenvalue weighted by Gasteiger charge is 2.19. The van der Waals surface area contributed by atoms with Gasteiger partial charge in [0.25, 0.3) is 0 Å². The largest absolute Gasteiger partial charge is 0.493 e. The van der Waals surface area contributed by atoms with Crippen LogP contribution in [0.3, 0.4) is 0 Å². The average Bonchev–Trinajstić information content (AvgIpc) is 2.61. The number of ether oxygens (including phenoxy) is 1. The third-order valence-electron chi connectivity index (χ3n) is 4.31. The van der Waals surface area contributed by atoms with Crippen LogP contribution in [0.25, 0.3) is 10.8 Å². The lowest BCUT2D eigenvalue weighted by Gasteiger charge is -2.15. The third-order valence-corrected chi connectivity index (χ3v) is 5.77. The normalized spacial score (nSPS) is 15.3. The summed E-state index contributed by atoms with van der Waals surface area (Å²) < 4.78 is 33.9. The standard InChI is InChI=1S/C19H23NO3S/c1-2-23-18-12-13-19(17-11-7-6-10-16(17)18)24(21,22)20-14-15-8-4-3-5-9-15/h6-8,10-13,20H,2-5,9,14H2,1H3. The first-order valence-electron chi connectivity index (χ1n) is 8.44. The number of hydrogen-bond donors (Lipinski definition) is 1. The molecule has 2 aromatic carbocycles. The molecule has 0 amide bonds. The Labute approximate surface area is 143 Å². The summed E-state index contributed by atoms with van der Waals surface area (Å²) in [6.45, 7) is 2.85. The summed E-state index contributed by atoms with van der Waals surface area (Å²) in [5.41, 5.74) is 1.18. The Morgan fingerprint density at radius 2 is 1.88 bits per heavy atom. The van der Waals surface area contributed by atoms with Gasteiger partial charge < -0.3 is 4.74 Å². The van der Waals surface area contributed by atoms with Gasteiger partial charge in [0, 0.05) is 17.3 Å². The topological polar surface area (TPSA) is 55.4 Å². The van der Waals surface area contributed by atoms with Gasteiger partial charge in [-0.15, -0.1) is 0 Å². The predicted octanol–water partition coefficient (Wildman–Crippen LogP) is 4.02. The monoisotopic (exact) mass is 345 g/mol. The minimum Gasteiger partial charge on any atom is -0.493 e. The molecule has 1 aliphatic carbocycles. The smallest absolute Gasteiger partial charge is 0.241 e. The molecule has 1 N–H and O–H groups in total. The van der Waals surface area contributed by atoms with Crippen molar-refractivity contribution in [2.24, 2.45) is 0 Å². The molecular weight excluding hydrogens is 322 g/mol. The zero-order valence-electron chi connectivity index (χ0n) is 13.9. The highest BCUT2D eigenvalue weighted by atomic mass is 32.2. The van der Waals surface area contributed by atoms with Crippen LogP contribution in [0.2, 0.25) is 0 Å². The van der Waals surface area contributed by atoms with E-state index in [1.807, 2.05) is 31.2 Å². The van der Waals surface area contributed by atoms with E-state index in [2.05, 4.69) is 10.8 Å². The van der Waals surface area contributed by atoms with Crippen LogP contribution in [-0.4, -0.2) is 21.6 Å². The lowest BCUT2D eigenvalue weighted by atomic mass is 10.0. The average molecular weight is 345 g/mol. The summed E-state index contributed by atoms with van der Waals surface area (Å²) in [4.78, 5) is 0.304. The molecule has 0 aromatic heterocycles. The number of hydrogen-bond acceptors (Lipinski definition) is 3. The van der Waals surface area contributed by atoms with E-state index in [0.29, 0.717) is 29.2 Å². The van der Waals surface area contributed by atoms with E-state index in [-0.39, 0.29) is 0 Å². The molecule has 0 radical (unpaired) electrons. The molecule has 2 aromatic rings. The Bertz CT molecular complexity index is 856. The molecule has 0 aliphatic heterocycles. The van der Waals surface area contributed by atoms with Gasteiger partial charge in [-0.1, -0.05) is 35.9 Å². The van der Waals surface area contributed by atoms with Crippen LogP contribution in [0, 0.1) is 0 Å². The molecule has 0 saturated carbocycles. The first kappa shape index (κ1) is 17.0. The second-order valence-corrected chi connectivity index (χ2v) is 7.71. The molecule has 0 saturated heterocycles. The number of fused-ring (bicyclic) bond motifs is 1. The fraction of sp³-hybridized carbons (Fsp3) is 0.368. The van der Waals surface area contributed by atoms with Crippen molar-refractivity contribution < 1.29 is 13.2 Å². The number of nitrogens with one attached hydrogen (secondary N) is 1. The highest BCUT2D eigenvalue weighted by molar-refractivity contribution is 7.89. The summed E-state index contributed by atoms with van der Waals surface area (Å²) in [6.07, 6.45) is 6.51. The van der Waals surface area contributed by atoms with Crippen molar-refractivity contribution in [3.63, 3.8) is 0 Å². The van der Waals surface area contributed by atoms with E-state index in [4.69, 9.17) is 4.74 Å². The SMILES string of the molecule is CCOc1ccc(S(=O)(=O)NCC2=CCCCC2)c2ccccc12.